The summed E-state index contributed by atoms with van der Waals surface area (Å²) in [5.41, 5.74) is 8.61. The lowest BCUT2D eigenvalue weighted by Gasteiger charge is -2.18. The standard InChI is InChI=1S/C23H30N6/c1-15-9-17(27(3)4)11-20(24-15)22-13-19(29(7)8)14-23(26-22)21-12-18(28(5)6)10-16(2)25-21/h9-14H,1-8H3. The molecule has 29 heavy (non-hydrogen) atoms. The highest BCUT2D eigenvalue weighted by atomic mass is 15.1. The summed E-state index contributed by atoms with van der Waals surface area (Å²) in [5, 5.41) is 0. The van der Waals surface area contributed by atoms with Crippen LogP contribution in [-0.2, 0) is 0 Å². The molecule has 3 rings (SSSR count). The largest absolute Gasteiger partial charge is 0.378 e. The Balaban J connectivity index is 2.21. The highest BCUT2D eigenvalue weighted by Crippen LogP contribution is 2.30. The Morgan fingerprint density at radius 3 is 1.03 bits per heavy atom. The van der Waals surface area contributed by atoms with E-state index < -0.39 is 0 Å². The van der Waals surface area contributed by atoms with Gasteiger partial charge in [-0.05, 0) is 50.2 Å². The summed E-state index contributed by atoms with van der Waals surface area (Å²) in [4.78, 5) is 20.7. The van der Waals surface area contributed by atoms with E-state index in [1.165, 1.54) is 0 Å². The smallest absolute Gasteiger partial charge is 0.0915 e. The van der Waals surface area contributed by atoms with E-state index in [4.69, 9.17) is 15.0 Å². The lowest BCUT2D eigenvalue weighted by molar-refractivity contribution is 1.08. The molecule has 0 unspecified atom stereocenters. The molecule has 152 valence electrons. The second-order valence-electron chi connectivity index (χ2n) is 7.98. The maximum atomic E-state index is 4.95. The van der Waals surface area contributed by atoms with Crippen molar-refractivity contribution in [3.8, 4) is 22.8 Å². The van der Waals surface area contributed by atoms with Gasteiger partial charge in [0.1, 0.15) is 0 Å². The first-order chi connectivity index (χ1) is 13.6. The first kappa shape index (κ1) is 20.6. The van der Waals surface area contributed by atoms with Gasteiger partial charge in [-0.25, -0.2) is 4.98 Å². The third kappa shape index (κ3) is 4.65. The SMILES string of the molecule is Cc1cc(N(C)C)cc(-c2cc(N(C)C)cc(-c3cc(N(C)C)cc(C)n3)n2)n1. The van der Waals surface area contributed by atoms with Crippen LogP contribution < -0.4 is 14.7 Å². The lowest BCUT2D eigenvalue weighted by atomic mass is 10.1. The molecule has 0 saturated heterocycles. The molecule has 0 aliphatic rings. The average molecular weight is 391 g/mol. The number of pyridine rings is 3. The van der Waals surface area contributed by atoms with Gasteiger partial charge in [0.25, 0.3) is 0 Å². The summed E-state index contributed by atoms with van der Waals surface area (Å²) in [7, 11) is 12.2. The van der Waals surface area contributed by atoms with Crippen LogP contribution in [0.4, 0.5) is 17.1 Å². The molecular formula is C23H30N6. The van der Waals surface area contributed by atoms with Gasteiger partial charge in [0.15, 0.2) is 0 Å². The van der Waals surface area contributed by atoms with E-state index in [1.807, 2.05) is 56.1 Å². The fourth-order valence-corrected chi connectivity index (χ4v) is 3.12. The van der Waals surface area contributed by atoms with Gasteiger partial charge < -0.3 is 14.7 Å². The van der Waals surface area contributed by atoms with E-state index in [0.717, 1.165) is 51.2 Å². The summed E-state index contributed by atoms with van der Waals surface area (Å²) in [6, 6.07) is 12.5. The Morgan fingerprint density at radius 2 is 0.724 bits per heavy atom. The first-order valence-corrected chi connectivity index (χ1v) is 9.66. The van der Waals surface area contributed by atoms with Gasteiger partial charge >= 0.3 is 0 Å². The monoisotopic (exact) mass is 390 g/mol. The molecule has 0 amide bonds. The Labute approximate surface area is 173 Å². The molecule has 0 saturated carbocycles. The minimum absolute atomic E-state index is 0.840. The van der Waals surface area contributed by atoms with E-state index >= 15 is 0 Å². The number of aromatic nitrogens is 3. The van der Waals surface area contributed by atoms with Gasteiger partial charge in [0, 0.05) is 70.7 Å². The number of hydrogen-bond acceptors (Lipinski definition) is 6. The van der Waals surface area contributed by atoms with Crippen LogP contribution in [0, 0.1) is 13.8 Å². The van der Waals surface area contributed by atoms with Crippen LogP contribution >= 0.6 is 0 Å². The highest BCUT2D eigenvalue weighted by molar-refractivity contribution is 5.72. The van der Waals surface area contributed by atoms with Crippen LogP contribution in [0.25, 0.3) is 22.8 Å². The zero-order valence-corrected chi connectivity index (χ0v) is 18.6. The highest BCUT2D eigenvalue weighted by Gasteiger charge is 2.13. The molecule has 0 bridgehead atoms. The van der Waals surface area contributed by atoms with Gasteiger partial charge in [-0.15, -0.1) is 0 Å². The minimum Gasteiger partial charge on any atom is -0.378 e. The van der Waals surface area contributed by atoms with Crippen LogP contribution in [0.1, 0.15) is 11.4 Å². The van der Waals surface area contributed by atoms with Gasteiger partial charge in [0.05, 0.1) is 22.8 Å². The fourth-order valence-electron chi connectivity index (χ4n) is 3.12. The normalized spacial score (nSPS) is 10.8. The number of hydrogen-bond donors (Lipinski definition) is 0. The summed E-state index contributed by atoms with van der Waals surface area (Å²) in [6.07, 6.45) is 0. The van der Waals surface area contributed by atoms with Gasteiger partial charge in [-0.2, -0.15) is 0 Å². The van der Waals surface area contributed by atoms with Crippen molar-refractivity contribution < 1.29 is 0 Å². The maximum absolute atomic E-state index is 4.95. The molecule has 0 N–H and O–H groups in total. The van der Waals surface area contributed by atoms with Crippen molar-refractivity contribution in [2.24, 2.45) is 0 Å². The van der Waals surface area contributed by atoms with E-state index in [9.17, 15) is 0 Å². The van der Waals surface area contributed by atoms with Crippen molar-refractivity contribution in [3.05, 3.63) is 47.8 Å². The maximum Gasteiger partial charge on any atom is 0.0915 e. The van der Waals surface area contributed by atoms with Crippen LogP contribution in [0.15, 0.2) is 36.4 Å². The van der Waals surface area contributed by atoms with Crippen LogP contribution in [0.3, 0.4) is 0 Å². The molecule has 0 aromatic carbocycles. The van der Waals surface area contributed by atoms with E-state index in [2.05, 4.69) is 51.1 Å². The lowest BCUT2D eigenvalue weighted by Crippen LogP contribution is -2.11. The number of anilines is 3. The van der Waals surface area contributed by atoms with Crippen molar-refractivity contribution in [2.75, 3.05) is 57.0 Å². The van der Waals surface area contributed by atoms with Crippen molar-refractivity contribution >= 4 is 17.1 Å². The minimum atomic E-state index is 0.840. The van der Waals surface area contributed by atoms with Gasteiger partial charge in [0.2, 0.25) is 0 Å². The molecular weight excluding hydrogens is 360 g/mol. The molecule has 0 aliphatic heterocycles. The van der Waals surface area contributed by atoms with Crippen LogP contribution in [0.2, 0.25) is 0 Å². The summed E-state index contributed by atoms with van der Waals surface area (Å²) >= 11 is 0. The van der Waals surface area contributed by atoms with E-state index in [1.54, 1.807) is 0 Å². The van der Waals surface area contributed by atoms with Crippen molar-refractivity contribution in [1.29, 1.82) is 0 Å². The van der Waals surface area contributed by atoms with E-state index in [0.29, 0.717) is 0 Å². The Kier molecular flexibility index (Phi) is 5.73. The van der Waals surface area contributed by atoms with Crippen molar-refractivity contribution in [3.63, 3.8) is 0 Å². The fraction of sp³-hybridized carbons (Fsp3) is 0.348. The van der Waals surface area contributed by atoms with Crippen LogP contribution in [-0.4, -0.2) is 57.2 Å². The third-order valence-corrected chi connectivity index (χ3v) is 4.76. The van der Waals surface area contributed by atoms with Gasteiger partial charge in [-0.3, -0.25) is 9.97 Å². The predicted octanol–water partition coefficient (Wildman–Crippen LogP) is 4.02. The molecule has 0 spiro atoms. The second kappa shape index (κ2) is 8.07. The molecule has 3 aromatic rings. The molecule has 6 heteroatoms. The molecule has 6 nitrogen and oxygen atoms in total. The van der Waals surface area contributed by atoms with Crippen molar-refractivity contribution in [1.82, 2.24) is 15.0 Å². The quantitative estimate of drug-likeness (QED) is 0.656. The zero-order valence-electron chi connectivity index (χ0n) is 18.6. The van der Waals surface area contributed by atoms with Gasteiger partial charge in [-0.1, -0.05) is 0 Å². The molecule has 0 radical (unpaired) electrons. The summed E-state index contributed by atoms with van der Waals surface area (Å²) in [5.74, 6) is 0. The molecule has 0 fully saturated rings. The number of aryl methyl sites for hydroxylation is 2. The number of nitrogens with zero attached hydrogens (tertiary/aromatic N) is 6. The van der Waals surface area contributed by atoms with E-state index in [-0.39, 0.29) is 0 Å². The molecule has 3 heterocycles. The van der Waals surface area contributed by atoms with Crippen LogP contribution in [0.5, 0.6) is 0 Å². The zero-order chi connectivity index (χ0) is 21.3. The Bertz CT molecular complexity index is 948. The predicted molar refractivity (Wildman–Crippen MR) is 123 cm³/mol. The number of rotatable bonds is 5. The average Bonchev–Trinajstić information content (AvgIpc) is 2.66. The topological polar surface area (TPSA) is 48.4 Å². The first-order valence-electron chi connectivity index (χ1n) is 9.66. The Hall–Kier alpha value is -3.15. The third-order valence-electron chi connectivity index (χ3n) is 4.76. The summed E-state index contributed by atoms with van der Waals surface area (Å²) < 4.78 is 0. The van der Waals surface area contributed by atoms with Crippen molar-refractivity contribution in [2.45, 2.75) is 13.8 Å². The summed E-state index contributed by atoms with van der Waals surface area (Å²) in [6.45, 7) is 4.03. The molecule has 0 atom stereocenters. The molecule has 0 aliphatic carbocycles. The second-order valence-corrected chi connectivity index (χ2v) is 7.98. The molecule has 3 aromatic heterocycles. The Morgan fingerprint density at radius 1 is 0.448 bits per heavy atom.